The van der Waals surface area contributed by atoms with Gasteiger partial charge < -0.3 is 15.4 Å². The van der Waals surface area contributed by atoms with Crippen LogP contribution in [-0.2, 0) is 0 Å². The van der Waals surface area contributed by atoms with Crippen LogP contribution >= 0.6 is 11.8 Å². The molecule has 1 aliphatic heterocycles. The molecule has 1 aliphatic rings. The molecule has 0 radical (unpaired) electrons. The molecule has 0 bridgehead atoms. The zero-order valence-corrected chi connectivity index (χ0v) is 13.8. The van der Waals surface area contributed by atoms with Crippen LogP contribution in [0.3, 0.4) is 0 Å². The van der Waals surface area contributed by atoms with E-state index in [1.807, 2.05) is 17.5 Å². The van der Waals surface area contributed by atoms with Crippen molar-refractivity contribution in [2.75, 3.05) is 25.6 Å². The maximum atomic E-state index is 5.56. The van der Waals surface area contributed by atoms with Crippen LogP contribution in [0.2, 0.25) is 0 Å². The van der Waals surface area contributed by atoms with Crippen LogP contribution in [0.25, 0.3) is 5.70 Å². The normalized spacial score (nSPS) is 14.4. The van der Waals surface area contributed by atoms with E-state index in [4.69, 9.17) is 4.74 Å². The Kier molecular flexibility index (Phi) is 7.19. The molecule has 1 aromatic heterocycles. The molecule has 1 aromatic rings. The van der Waals surface area contributed by atoms with E-state index in [0.717, 1.165) is 36.7 Å². The summed E-state index contributed by atoms with van der Waals surface area (Å²) in [5, 5.41) is 8.38. The van der Waals surface area contributed by atoms with Gasteiger partial charge in [0.15, 0.2) is 5.96 Å². The van der Waals surface area contributed by atoms with Crippen molar-refractivity contribution >= 4 is 30.1 Å². The van der Waals surface area contributed by atoms with Gasteiger partial charge in [-0.05, 0) is 30.7 Å². The Bertz CT molecular complexity index is 600. The van der Waals surface area contributed by atoms with Gasteiger partial charge in [0.1, 0.15) is 6.61 Å². The molecule has 0 saturated carbocycles. The van der Waals surface area contributed by atoms with Crippen molar-refractivity contribution in [1.82, 2.24) is 15.6 Å². The summed E-state index contributed by atoms with van der Waals surface area (Å²) >= 11 is 1.58. The summed E-state index contributed by atoms with van der Waals surface area (Å²) in [4.78, 5) is 12.7. The minimum Gasteiger partial charge on any atom is -0.473 e. The summed E-state index contributed by atoms with van der Waals surface area (Å²) in [6.45, 7) is 9.51. The summed E-state index contributed by atoms with van der Waals surface area (Å²) in [6, 6.07) is 3.76. The lowest BCUT2D eigenvalue weighted by Crippen LogP contribution is -2.40. The third kappa shape index (κ3) is 5.45. The quantitative estimate of drug-likeness (QED) is 0.331. The van der Waals surface area contributed by atoms with Crippen LogP contribution in [0.1, 0.15) is 12.0 Å². The highest BCUT2D eigenvalue weighted by atomic mass is 32.2. The molecular weight excluding hydrogens is 310 g/mol. The topological polar surface area (TPSA) is 70.9 Å². The number of nitrogens with one attached hydrogen (secondary N) is 2. The van der Waals surface area contributed by atoms with Gasteiger partial charge in [0, 0.05) is 19.3 Å². The molecule has 0 saturated heterocycles. The maximum absolute atomic E-state index is 5.56. The Balaban J connectivity index is 1.96. The molecule has 7 heteroatoms. The Labute approximate surface area is 140 Å². The van der Waals surface area contributed by atoms with Crippen LogP contribution in [-0.4, -0.2) is 43.2 Å². The van der Waals surface area contributed by atoms with E-state index in [0.29, 0.717) is 18.4 Å². The molecule has 0 fully saturated rings. The van der Waals surface area contributed by atoms with Gasteiger partial charge in [-0.1, -0.05) is 12.7 Å². The van der Waals surface area contributed by atoms with Gasteiger partial charge in [0.2, 0.25) is 5.88 Å². The Morgan fingerprint density at radius 2 is 2.48 bits per heavy atom. The van der Waals surface area contributed by atoms with Crippen molar-refractivity contribution in [2.45, 2.75) is 6.42 Å². The van der Waals surface area contributed by atoms with Gasteiger partial charge in [0.05, 0.1) is 17.1 Å². The molecule has 0 aliphatic carbocycles. The van der Waals surface area contributed by atoms with E-state index in [9.17, 15) is 0 Å². The predicted octanol–water partition coefficient (Wildman–Crippen LogP) is 2.28. The second-order valence-electron chi connectivity index (χ2n) is 4.62. The molecule has 2 N–H and O–H groups in total. The van der Waals surface area contributed by atoms with Gasteiger partial charge in [0.25, 0.3) is 0 Å². The SMILES string of the molecule is C=CCOc1ncccc1/C(=C/SCNC1=NCCCN1)N=C. The number of nitrogens with zero attached hydrogens (tertiary/aromatic N) is 3. The van der Waals surface area contributed by atoms with Crippen molar-refractivity contribution in [2.24, 2.45) is 9.98 Å². The first-order valence-electron chi connectivity index (χ1n) is 7.35. The highest BCUT2D eigenvalue weighted by Crippen LogP contribution is 2.26. The Morgan fingerprint density at radius 1 is 1.57 bits per heavy atom. The van der Waals surface area contributed by atoms with Crippen molar-refractivity contribution in [3.05, 3.63) is 42.0 Å². The first-order valence-corrected chi connectivity index (χ1v) is 8.40. The third-order valence-electron chi connectivity index (χ3n) is 2.97. The number of guanidine groups is 1. The summed E-state index contributed by atoms with van der Waals surface area (Å²) in [7, 11) is 0. The lowest BCUT2D eigenvalue weighted by molar-refractivity contribution is 0.347. The molecule has 2 heterocycles. The van der Waals surface area contributed by atoms with Gasteiger partial charge in [-0.3, -0.25) is 9.98 Å². The zero-order chi connectivity index (χ0) is 16.3. The fourth-order valence-electron chi connectivity index (χ4n) is 1.91. The summed E-state index contributed by atoms with van der Waals surface area (Å²) in [6.07, 6.45) is 4.45. The van der Waals surface area contributed by atoms with E-state index >= 15 is 0 Å². The van der Waals surface area contributed by atoms with E-state index in [1.54, 1.807) is 24.0 Å². The summed E-state index contributed by atoms with van der Waals surface area (Å²) in [5.74, 6) is 2.06. The molecule has 23 heavy (non-hydrogen) atoms. The fraction of sp³-hybridized carbons (Fsp3) is 0.312. The van der Waals surface area contributed by atoms with Gasteiger partial charge in [-0.15, -0.1) is 11.8 Å². The lowest BCUT2D eigenvalue weighted by Gasteiger charge is -2.15. The van der Waals surface area contributed by atoms with Gasteiger partial charge in [-0.2, -0.15) is 0 Å². The van der Waals surface area contributed by atoms with E-state index < -0.39 is 0 Å². The minimum absolute atomic E-state index is 0.397. The number of hydrogen-bond donors (Lipinski definition) is 2. The lowest BCUT2D eigenvalue weighted by atomic mass is 10.2. The van der Waals surface area contributed by atoms with Crippen molar-refractivity contribution in [1.29, 1.82) is 0 Å². The molecule has 0 unspecified atom stereocenters. The van der Waals surface area contributed by atoms with Gasteiger partial charge >= 0.3 is 0 Å². The van der Waals surface area contributed by atoms with Crippen LogP contribution in [0, 0.1) is 0 Å². The molecule has 0 amide bonds. The van der Waals surface area contributed by atoms with Crippen LogP contribution < -0.4 is 15.4 Å². The first-order chi connectivity index (χ1) is 11.3. The van der Waals surface area contributed by atoms with E-state index in [-0.39, 0.29) is 0 Å². The van der Waals surface area contributed by atoms with Crippen LogP contribution in [0.5, 0.6) is 5.88 Å². The number of aliphatic imine (C=N–C) groups is 2. The molecule has 2 rings (SSSR count). The highest BCUT2D eigenvalue weighted by Gasteiger charge is 2.09. The van der Waals surface area contributed by atoms with E-state index in [1.165, 1.54) is 0 Å². The Morgan fingerprint density at radius 3 is 3.22 bits per heavy atom. The van der Waals surface area contributed by atoms with Crippen molar-refractivity contribution < 1.29 is 4.74 Å². The first kappa shape index (κ1) is 17.1. The maximum Gasteiger partial charge on any atom is 0.223 e. The summed E-state index contributed by atoms with van der Waals surface area (Å²) < 4.78 is 5.56. The second-order valence-corrected chi connectivity index (χ2v) is 5.47. The number of ether oxygens (including phenoxy) is 1. The molecule has 6 nitrogen and oxygen atoms in total. The van der Waals surface area contributed by atoms with Crippen molar-refractivity contribution in [3.8, 4) is 5.88 Å². The van der Waals surface area contributed by atoms with E-state index in [2.05, 4.69) is 38.9 Å². The zero-order valence-electron chi connectivity index (χ0n) is 13.0. The molecule has 0 aromatic carbocycles. The number of thioether (sulfide) groups is 1. The van der Waals surface area contributed by atoms with Crippen LogP contribution in [0.4, 0.5) is 0 Å². The average molecular weight is 331 g/mol. The highest BCUT2D eigenvalue weighted by molar-refractivity contribution is 8.02. The average Bonchev–Trinajstić information content (AvgIpc) is 2.61. The largest absolute Gasteiger partial charge is 0.473 e. The number of rotatable bonds is 8. The standard InChI is InChI=1S/C16H21N5OS/c1-3-10-22-15-13(6-4-7-18-15)14(17-2)11-23-12-21-16-19-8-5-9-20-16/h3-4,6-7,11H,1-2,5,8-10,12H2,(H2,19,20,21)/b14-11-. The molecule has 122 valence electrons. The van der Waals surface area contributed by atoms with Crippen molar-refractivity contribution in [3.63, 3.8) is 0 Å². The number of pyridine rings is 1. The third-order valence-corrected chi connectivity index (χ3v) is 3.67. The molecule has 0 atom stereocenters. The number of aromatic nitrogens is 1. The number of hydrogen-bond acceptors (Lipinski definition) is 7. The monoisotopic (exact) mass is 331 g/mol. The smallest absolute Gasteiger partial charge is 0.223 e. The van der Waals surface area contributed by atoms with Gasteiger partial charge in [-0.25, -0.2) is 4.98 Å². The second kappa shape index (κ2) is 9.68. The predicted molar refractivity (Wildman–Crippen MR) is 98.0 cm³/mol. The van der Waals surface area contributed by atoms with Crippen LogP contribution in [0.15, 0.2) is 46.4 Å². The summed E-state index contributed by atoms with van der Waals surface area (Å²) in [5.41, 5.74) is 1.53. The molecular formula is C16H21N5OS. The molecule has 0 spiro atoms. The Hall–Kier alpha value is -2.28. The fourth-order valence-corrected chi connectivity index (χ4v) is 2.57. The minimum atomic E-state index is 0.397.